The number of pyridine rings is 3. The topological polar surface area (TPSA) is 38.7 Å². The Morgan fingerprint density at radius 3 is 2.44 bits per heavy atom. The van der Waals surface area contributed by atoms with E-state index in [1.807, 2.05) is 32.3 Å². The molecular weight excluding hydrogens is 486 g/mol. The van der Waals surface area contributed by atoms with E-state index in [0.29, 0.717) is 0 Å². The SMILES string of the molecule is Cc1cc2ccc3c(-c4[c-]c(C)c(C)c(C)n4)nccc3c2cn1.[Ir]. The van der Waals surface area contributed by atoms with E-state index in [-0.39, 0.29) is 20.1 Å². The quantitative estimate of drug-likeness (QED) is 0.274. The maximum absolute atomic E-state index is 4.71. The maximum Gasteiger partial charge on any atom is 0.0379 e. The van der Waals surface area contributed by atoms with Crippen molar-refractivity contribution in [1.29, 1.82) is 0 Å². The Kier molecular flexibility index (Phi) is 4.68. The maximum atomic E-state index is 4.71. The summed E-state index contributed by atoms with van der Waals surface area (Å²) in [4.78, 5) is 13.8. The molecule has 0 aliphatic carbocycles. The number of benzene rings is 1. The zero-order valence-corrected chi connectivity index (χ0v) is 17.0. The van der Waals surface area contributed by atoms with Crippen LogP contribution in [0, 0.1) is 33.8 Å². The van der Waals surface area contributed by atoms with Crippen molar-refractivity contribution < 1.29 is 20.1 Å². The molecular formula is C21H18IrN3-. The normalized spacial score (nSPS) is 10.9. The molecule has 0 saturated heterocycles. The number of aryl methyl sites for hydroxylation is 3. The molecule has 4 aromatic rings. The molecule has 0 aliphatic rings. The minimum absolute atomic E-state index is 0. The van der Waals surface area contributed by atoms with Crippen LogP contribution in [0.1, 0.15) is 22.5 Å². The largest absolute Gasteiger partial charge is 0.317 e. The molecule has 0 amide bonds. The van der Waals surface area contributed by atoms with Gasteiger partial charge in [0.1, 0.15) is 0 Å². The number of rotatable bonds is 1. The number of hydrogen-bond acceptors (Lipinski definition) is 3. The zero-order valence-electron chi connectivity index (χ0n) is 14.6. The Bertz CT molecular complexity index is 1080. The predicted molar refractivity (Wildman–Crippen MR) is 98.1 cm³/mol. The smallest absolute Gasteiger partial charge is 0.0379 e. The van der Waals surface area contributed by atoms with Crippen molar-refractivity contribution in [1.82, 2.24) is 15.0 Å². The molecule has 1 radical (unpaired) electrons. The average molecular weight is 505 g/mol. The van der Waals surface area contributed by atoms with Crippen molar-refractivity contribution in [2.24, 2.45) is 0 Å². The summed E-state index contributed by atoms with van der Waals surface area (Å²) in [5, 5.41) is 4.57. The van der Waals surface area contributed by atoms with Crippen molar-refractivity contribution >= 4 is 21.5 Å². The molecule has 0 aliphatic heterocycles. The summed E-state index contributed by atoms with van der Waals surface area (Å²) in [7, 11) is 0. The van der Waals surface area contributed by atoms with Crippen molar-refractivity contribution in [3.05, 3.63) is 65.2 Å². The molecule has 4 heteroatoms. The van der Waals surface area contributed by atoms with E-state index in [0.717, 1.165) is 44.5 Å². The first-order valence-corrected chi connectivity index (χ1v) is 8.06. The Morgan fingerprint density at radius 1 is 0.880 bits per heavy atom. The Balaban J connectivity index is 0.00000182. The number of aromatic nitrogens is 3. The van der Waals surface area contributed by atoms with E-state index < -0.39 is 0 Å². The first-order chi connectivity index (χ1) is 11.5. The molecule has 0 spiro atoms. The van der Waals surface area contributed by atoms with E-state index in [9.17, 15) is 0 Å². The van der Waals surface area contributed by atoms with Gasteiger partial charge in [0, 0.05) is 43.6 Å². The van der Waals surface area contributed by atoms with Gasteiger partial charge >= 0.3 is 0 Å². The fraction of sp³-hybridized carbons (Fsp3) is 0.190. The molecule has 25 heavy (non-hydrogen) atoms. The molecule has 3 aromatic heterocycles. The third kappa shape index (κ3) is 2.97. The van der Waals surface area contributed by atoms with Gasteiger partial charge in [-0.15, -0.1) is 5.56 Å². The van der Waals surface area contributed by atoms with E-state index >= 15 is 0 Å². The molecule has 0 unspecified atom stereocenters. The van der Waals surface area contributed by atoms with Crippen LogP contribution < -0.4 is 0 Å². The van der Waals surface area contributed by atoms with Crippen LogP contribution >= 0.6 is 0 Å². The molecule has 1 aromatic carbocycles. The number of fused-ring (bicyclic) bond motifs is 3. The third-order valence-corrected chi connectivity index (χ3v) is 4.70. The van der Waals surface area contributed by atoms with Gasteiger partial charge in [-0.3, -0.25) is 9.97 Å². The zero-order chi connectivity index (χ0) is 16.8. The average Bonchev–Trinajstić information content (AvgIpc) is 2.58. The van der Waals surface area contributed by atoms with Crippen molar-refractivity contribution in [3.63, 3.8) is 0 Å². The second-order valence-corrected chi connectivity index (χ2v) is 6.29. The number of nitrogens with zero attached hydrogens (tertiary/aromatic N) is 3. The summed E-state index contributed by atoms with van der Waals surface area (Å²) in [6.07, 6.45) is 3.79. The van der Waals surface area contributed by atoms with Gasteiger partial charge < -0.3 is 4.98 Å². The van der Waals surface area contributed by atoms with Crippen LogP contribution in [0.3, 0.4) is 0 Å². The fourth-order valence-corrected chi connectivity index (χ4v) is 3.12. The van der Waals surface area contributed by atoms with Gasteiger partial charge in [-0.05, 0) is 59.2 Å². The molecule has 3 nitrogen and oxygen atoms in total. The van der Waals surface area contributed by atoms with Gasteiger partial charge in [0.05, 0.1) is 0 Å². The molecule has 0 bridgehead atoms. The summed E-state index contributed by atoms with van der Waals surface area (Å²) >= 11 is 0. The Hall–Kier alpha value is -2.16. The van der Waals surface area contributed by atoms with Crippen LogP contribution in [-0.2, 0) is 20.1 Å². The fourth-order valence-electron chi connectivity index (χ4n) is 3.12. The molecule has 127 valence electrons. The van der Waals surface area contributed by atoms with Crippen molar-refractivity contribution in [2.75, 3.05) is 0 Å². The van der Waals surface area contributed by atoms with E-state index in [1.165, 1.54) is 10.9 Å². The third-order valence-electron chi connectivity index (χ3n) is 4.70. The van der Waals surface area contributed by atoms with Crippen LogP contribution in [0.2, 0.25) is 0 Å². The van der Waals surface area contributed by atoms with E-state index in [2.05, 4.69) is 48.1 Å². The van der Waals surface area contributed by atoms with Crippen LogP contribution in [0.4, 0.5) is 0 Å². The molecule has 4 rings (SSSR count). The van der Waals surface area contributed by atoms with Crippen LogP contribution in [0.15, 0.2) is 36.7 Å². The summed E-state index contributed by atoms with van der Waals surface area (Å²) in [5.41, 5.74) is 6.04. The first kappa shape index (κ1) is 17.7. The van der Waals surface area contributed by atoms with Crippen LogP contribution in [0.5, 0.6) is 0 Å². The van der Waals surface area contributed by atoms with Crippen molar-refractivity contribution in [2.45, 2.75) is 27.7 Å². The second-order valence-electron chi connectivity index (χ2n) is 6.29. The molecule has 3 heterocycles. The van der Waals surface area contributed by atoms with Crippen LogP contribution in [0.25, 0.3) is 32.9 Å². The van der Waals surface area contributed by atoms with Gasteiger partial charge in [0.15, 0.2) is 0 Å². The standard InChI is InChI=1S/C21H18N3.Ir/c1-12-9-20(24-15(4)14(12)3)21-18-6-5-16-10-13(2)23-11-19(16)17(18)7-8-22-21;/h5-8,10-11H,1-4H3;/q-1;. The van der Waals surface area contributed by atoms with Crippen molar-refractivity contribution in [3.8, 4) is 11.4 Å². The minimum atomic E-state index is 0. The van der Waals surface area contributed by atoms with Crippen LogP contribution in [-0.4, -0.2) is 15.0 Å². The molecule has 0 N–H and O–H groups in total. The van der Waals surface area contributed by atoms with Gasteiger partial charge in [-0.1, -0.05) is 26.0 Å². The van der Waals surface area contributed by atoms with Gasteiger partial charge in [0.2, 0.25) is 0 Å². The van der Waals surface area contributed by atoms with Gasteiger partial charge in [-0.2, -0.15) is 11.6 Å². The number of hydrogen-bond donors (Lipinski definition) is 0. The predicted octanol–water partition coefficient (Wildman–Crippen LogP) is 4.88. The monoisotopic (exact) mass is 505 g/mol. The summed E-state index contributed by atoms with van der Waals surface area (Å²) in [6, 6.07) is 11.8. The minimum Gasteiger partial charge on any atom is -0.317 e. The molecule has 0 fully saturated rings. The first-order valence-electron chi connectivity index (χ1n) is 8.06. The summed E-state index contributed by atoms with van der Waals surface area (Å²) in [6.45, 7) is 8.20. The molecule has 0 saturated carbocycles. The Morgan fingerprint density at radius 2 is 1.68 bits per heavy atom. The summed E-state index contributed by atoms with van der Waals surface area (Å²) in [5.74, 6) is 0. The van der Waals surface area contributed by atoms with Gasteiger partial charge in [0.25, 0.3) is 0 Å². The second kappa shape index (κ2) is 6.62. The van der Waals surface area contributed by atoms with E-state index in [1.54, 1.807) is 0 Å². The Labute approximate surface area is 160 Å². The van der Waals surface area contributed by atoms with Gasteiger partial charge in [-0.25, -0.2) is 0 Å². The summed E-state index contributed by atoms with van der Waals surface area (Å²) < 4.78 is 0. The molecule has 0 atom stereocenters. The van der Waals surface area contributed by atoms with E-state index in [4.69, 9.17) is 4.98 Å².